The molecule has 4 aromatic rings. The number of carbonyl (C=O) groups is 2. The molecule has 1 N–H and O–H groups in total. The summed E-state index contributed by atoms with van der Waals surface area (Å²) in [5.41, 5.74) is 6.05. The van der Waals surface area contributed by atoms with Crippen LogP contribution in [0.2, 0.25) is 0 Å². The fourth-order valence-electron chi connectivity index (χ4n) is 4.38. The zero-order chi connectivity index (χ0) is 24.0. The van der Waals surface area contributed by atoms with Gasteiger partial charge in [0, 0.05) is 10.6 Å². The van der Waals surface area contributed by atoms with Crippen LogP contribution in [0.15, 0.2) is 108 Å². The lowest BCUT2D eigenvalue weighted by Crippen LogP contribution is -2.28. The monoisotopic (exact) mass is 478 g/mol. The van der Waals surface area contributed by atoms with Crippen molar-refractivity contribution in [1.82, 2.24) is 0 Å². The molecular weight excluding hydrogens is 452 g/mol. The van der Waals surface area contributed by atoms with Crippen molar-refractivity contribution in [1.29, 1.82) is 0 Å². The van der Waals surface area contributed by atoms with E-state index in [2.05, 4.69) is 17.4 Å². The molecule has 1 heterocycles. The summed E-state index contributed by atoms with van der Waals surface area (Å²) < 4.78 is 0. The summed E-state index contributed by atoms with van der Waals surface area (Å²) in [4.78, 5) is 28.7. The second kappa shape index (κ2) is 10.6. The number of amides is 2. The van der Waals surface area contributed by atoms with Crippen molar-refractivity contribution >= 4 is 40.6 Å². The highest BCUT2D eigenvalue weighted by molar-refractivity contribution is 8.00. The molecule has 1 aliphatic rings. The number of rotatable bonds is 6. The largest absolute Gasteiger partial charge is 0.326 e. The Hall–Kier alpha value is -3.83. The van der Waals surface area contributed by atoms with Gasteiger partial charge in [0.05, 0.1) is 23.5 Å². The minimum Gasteiger partial charge on any atom is -0.326 e. The van der Waals surface area contributed by atoms with Crippen LogP contribution in [0.4, 0.5) is 17.1 Å². The van der Waals surface area contributed by atoms with Crippen molar-refractivity contribution in [2.24, 2.45) is 0 Å². The first-order valence-electron chi connectivity index (χ1n) is 11.7. The number of benzene rings is 4. The van der Waals surface area contributed by atoms with Gasteiger partial charge in [-0.2, -0.15) is 0 Å². The Kier molecular flexibility index (Phi) is 6.96. The van der Waals surface area contributed by atoms with Gasteiger partial charge < -0.3 is 5.32 Å². The van der Waals surface area contributed by atoms with Crippen molar-refractivity contribution in [3.8, 4) is 0 Å². The Balaban J connectivity index is 1.25. The van der Waals surface area contributed by atoms with Gasteiger partial charge in [-0.1, -0.05) is 66.7 Å². The Morgan fingerprint density at radius 1 is 0.714 bits per heavy atom. The Morgan fingerprint density at radius 3 is 1.91 bits per heavy atom. The van der Waals surface area contributed by atoms with Crippen LogP contribution < -0.4 is 10.2 Å². The van der Waals surface area contributed by atoms with Crippen LogP contribution in [0.1, 0.15) is 16.7 Å². The number of thioether (sulfide) groups is 1. The van der Waals surface area contributed by atoms with Gasteiger partial charge in [-0.15, -0.1) is 11.8 Å². The van der Waals surface area contributed by atoms with Crippen molar-refractivity contribution in [2.75, 3.05) is 16.0 Å². The van der Waals surface area contributed by atoms with Gasteiger partial charge in [0.2, 0.25) is 11.8 Å². The maximum atomic E-state index is 13.5. The number of fused-ring (bicyclic) bond motifs is 2. The van der Waals surface area contributed by atoms with Gasteiger partial charge in [0.25, 0.3) is 0 Å². The van der Waals surface area contributed by atoms with Crippen LogP contribution in [-0.2, 0) is 28.9 Å². The fourth-order valence-corrected chi connectivity index (χ4v) is 5.13. The highest BCUT2D eigenvalue weighted by Crippen LogP contribution is 2.36. The van der Waals surface area contributed by atoms with E-state index in [0.717, 1.165) is 40.4 Å². The molecule has 0 saturated carbocycles. The lowest BCUT2D eigenvalue weighted by molar-refractivity contribution is -0.116. The molecule has 0 unspecified atom stereocenters. The molecule has 35 heavy (non-hydrogen) atoms. The number of para-hydroxylation sites is 2. The molecule has 174 valence electrons. The van der Waals surface area contributed by atoms with E-state index in [1.165, 1.54) is 22.9 Å². The molecule has 2 amide bonds. The molecule has 5 heteroatoms. The molecular formula is C30H26N2O2S. The van der Waals surface area contributed by atoms with E-state index in [4.69, 9.17) is 0 Å². The van der Waals surface area contributed by atoms with E-state index < -0.39 is 0 Å². The first kappa shape index (κ1) is 22.9. The number of hydrogen-bond acceptors (Lipinski definition) is 3. The topological polar surface area (TPSA) is 49.4 Å². The molecule has 0 saturated heterocycles. The molecule has 0 aromatic heterocycles. The van der Waals surface area contributed by atoms with Gasteiger partial charge in [0.15, 0.2) is 0 Å². The number of anilines is 3. The first-order chi connectivity index (χ1) is 17.2. The quantitative estimate of drug-likeness (QED) is 0.325. The zero-order valence-electron chi connectivity index (χ0n) is 19.3. The van der Waals surface area contributed by atoms with E-state index in [0.29, 0.717) is 12.2 Å². The summed E-state index contributed by atoms with van der Waals surface area (Å²) in [5.74, 6) is 0.324. The van der Waals surface area contributed by atoms with E-state index in [1.807, 2.05) is 95.9 Å². The van der Waals surface area contributed by atoms with E-state index in [-0.39, 0.29) is 11.8 Å². The second-order valence-corrected chi connectivity index (χ2v) is 9.56. The lowest BCUT2D eigenvalue weighted by atomic mass is 10.0. The van der Waals surface area contributed by atoms with Crippen LogP contribution in [0.3, 0.4) is 0 Å². The summed E-state index contributed by atoms with van der Waals surface area (Å²) >= 11 is 1.50. The van der Waals surface area contributed by atoms with Crippen molar-refractivity contribution in [3.05, 3.63) is 120 Å². The van der Waals surface area contributed by atoms with Gasteiger partial charge in [-0.25, -0.2) is 0 Å². The molecule has 0 radical (unpaired) electrons. The molecule has 1 aliphatic heterocycles. The molecule has 0 atom stereocenters. The SMILES string of the molecule is O=C(Cc1ccccc1)Nc1ccc(SCC(=O)N2c3ccccc3CCc3ccccc32)cc1. The second-order valence-electron chi connectivity index (χ2n) is 8.51. The average Bonchev–Trinajstić information content (AvgIpc) is 3.06. The minimum absolute atomic E-state index is 0.0507. The highest BCUT2D eigenvalue weighted by atomic mass is 32.2. The Labute approximate surface area is 210 Å². The molecule has 0 aliphatic carbocycles. The van der Waals surface area contributed by atoms with Crippen LogP contribution in [0.25, 0.3) is 0 Å². The normalized spacial score (nSPS) is 12.3. The zero-order valence-corrected chi connectivity index (χ0v) is 20.1. The molecule has 0 fully saturated rings. The van der Waals surface area contributed by atoms with Crippen LogP contribution in [0, 0.1) is 0 Å². The molecule has 5 rings (SSSR count). The number of hydrogen-bond donors (Lipinski definition) is 1. The van der Waals surface area contributed by atoms with E-state index in [9.17, 15) is 9.59 Å². The third-order valence-electron chi connectivity index (χ3n) is 6.09. The summed E-state index contributed by atoms with van der Waals surface area (Å²) in [6.07, 6.45) is 2.17. The first-order valence-corrected chi connectivity index (χ1v) is 12.7. The van der Waals surface area contributed by atoms with Crippen LogP contribution >= 0.6 is 11.8 Å². The summed E-state index contributed by atoms with van der Waals surface area (Å²) in [5, 5.41) is 2.94. The van der Waals surface area contributed by atoms with Crippen LogP contribution in [-0.4, -0.2) is 17.6 Å². The molecule has 4 nitrogen and oxygen atoms in total. The maximum Gasteiger partial charge on any atom is 0.241 e. The number of carbonyl (C=O) groups excluding carboxylic acids is 2. The summed E-state index contributed by atoms with van der Waals surface area (Å²) in [6, 6.07) is 33.7. The standard InChI is InChI=1S/C30H26N2O2S/c33-29(20-22-8-2-1-3-9-22)31-25-16-18-26(19-17-25)35-21-30(34)32-27-12-6-4-10-23(27)14-15-24-11-5-7-13-28(24)32/h1-13,16-19H,14-15,20-21H2,(H,31,33). The van der Waals surface area contributed by atoms with Crippen molar-refractivity contribution < 1.29 is 9.59 Å². The van der Waals surface area contributed by atoms with Gasteiger partial charge in [-0.3, -0.25) is 14.5 Å². The third-order valence-corrected chi connectivity index (χ3v) is 7.08. The average molecular weight is 479 g/mol. The Morgan fingerprint density at radius 2 is 1.29 bits per heavy atom. The van der Waals surface area contributed by atoms with Crippen molar-refractivity contribution in [3.63, 3.8) is 0 Å². The predicted molar refractivity (Wildman–Crippen MR) is 143 cm³/mol. The third kappa shape index (κ3) is 5.47. The number of nitrogens with zero attached hydrogens (tertiary/aromatic N) is 1. The molecule has 0 bridgehead atoms. The molecule has 0 spiro atoms. The highest BCUT2D eigenvalue weighted by Gasteiger charge is 2.25. The lowest BCUT2D eigenvalue weighted by Gasteiger charge is -2.25. The summed E-state index contributed by atoms with van der Waals surface area (Å²) in [6.45, 7) is 0. The van der Waals surface area contributed by atoms with Gasteiger partial charge in [-0.05, 0) is 65.9 Å². The van der Waals surface area contributed by atoms with Gasteiger partial charge >= 0.3 is 0 Å². The number of aryl methyl sites for hydroxylation is 2. The smallest absolute Gasteiger partial charge is 0.241 e. The minimum atomic E-state index is -0.0507. The van der Waals surface area contributed by atoms with Crippen LogP contribution in [0.5, 0.6) is 0 Å². The predicted octanol–water partition coefficient (Wildman–Crippen LogP) is 6.42. The van der Waals surface area contributed by atoms with Gasteiger partial charge in [0.1, 0.15) is 0 Å². The fraction of sp³-hybridized carbons (Fsp3) is 0.133. The van der Waals surface area contributed by atoms with Crippen molar-refractivity contribution in [2.45, 2.75) is 24.2 Å². The van der Waals surface area contributed by atoms with E-state index >= 15 is 0 Å². The van der Waals surface area contributed by atoms with E-state index in [1.54, 1.807) is 0 Å². The summed E-state index contributed by atoms with van der Waals surface area (Å²) in [7, 11) is 0. The molecule has 4 aromatic carbocycles. The number of nitrogens with one attached hydrogen (secondary N) is 1. The Bertz CT molecular complexity index is 1290. The maximum absolute atomic E-state index is 13.5.